The molecule has 0 radical (unpaired) electrons. The molecule has 4 nitrogen and oxygen atoms in total. The molecule has 0 aliphatic carbocycles. The van der Waals surface area contributed by atoms with Crippen molar-refractivity contribution >= 4 is 28.5 Å². The van der Waals surface area contributed by atoms with Crippen LogP contribution in [0.1, 0.15) is 31.3 Å². The smallest absolute Gasteiger partial charge is 0.240 e. The van der Waals surface area contributed by atoms with E-state index in [1.54, 1.807) is 0 Å². The van der Waals surface area contributed by atoms with E-state index in [0.717, 1.165) is 16.6 Å². The number of aryl methyl sites for hydroxylation is 1. The van der Waals surface area contributed by atoms with Crippen LogP contribution in [0.15, 0.2) is 18.2 Å². The van der Waals surface area contributed by atoms with Gasteiger partial charge in [0.1, 0.15) is 11.9 Å². The average molecular weight is 280 g/mol. The summed E-state index contributed by atoms with van der Waals surface area (Å²) in [6, 6.07) is 5.51. The minimum atomic E-state index is -0.430. The lowest BCUT2D eigenvalue weighted by molar-refractivity contribution is -0.122. The number of hydrogen-bond acceptors (Lipinski definition) is 2. The van der Waals surface area contributed by atoms with Crippen LogP contribution in [0.25, 0.3) is 11.0 Å². The Kier molecular flexibility index (Phi) is 3.80. The van der Waals surface area contributed by atoms with Gasteiger partial charge in [-0.1, -0.05) is 19.9 Å². The number of primary amides is 1. The number of imidazole rings is 1. The van der Waals surface area contributed by atoms with E-state index in [2.05, 4.69) is 4.98 Å². The molecule has 0 saturated carbocycles. The third kappa shape index (κ3) is 2.45. The Bertz CT molecular complexity index is 618. The summed E-state index contributed by atoms with van der Waals surface area (Å²) in [4.78, 5) is 16.2. The summed E-state index contributed by atoms with van der Waals surface area (Å²) in [7, 11) is 0. The number of hydrogen-bond donors (Lipinski definition) is 1. The first-order chi connectivity index (χ1) is 8.95. The Balaban J connectivity index is 2.74. The standard InChI is InChI=1S/C14H18ClN3O/c1-8(2)13(14(16)19)18-11-6-9(3)4-5-10(11)17-12(18)7-15/h4-6,8,13H,7H2,1-3H3,(H2,16,19). The molecule has 0 saturated heterocycles. The first kappa shape index (κ1) is 13.9. The third-order valence-electron chi connectivity index (χ3n) is 3.24. The molecule has 1 aromatic heterocycles. The summed E-state index contributed by atoms with van der Waals surface area (Å²) in [5.41, 5.74) is 8.41. The Labute approximate surface area is 117 Å². The van der Waals surface area contributed by atoms with Crippen molar-refractivity contribution in [3.8, 4) is 0 Å². The number of amides is 1. The maximum atomic E-state index is 11.8. The number of rotatable bonds is 4. The molecule has 2 rings (SSSR count). The topological polar surface area (TPSA) is 60.9 Å². The highest BCUT2D eigenvalue weighted by Gasteiger charge is 2.26. The number of nitrogens with two attached hydrogens (primary N) is 1. The number of carbonyl (C=O) groups excluding carboxylic acids is 1. The van der Waals surface area contributed by atoms with Gasteiger partial charge >= 0.3 is 0 Å². The fourth-order valence-corrected chi connectivity index (χ4v) is 2.60. The highest BCUT2D eigenvalue weighted by Crippen LogP contribution is 2.27. The van der Waals surface area contributed by atoms with Gasteiger partial charge in [0.25, 0.3) is 0 Å². The fourth-order valence-electron chi connectivity index (χ4n) is 2.41. The first-order valence-corrected chi connectivity index (χ1v) is 6.82. The molecule has 1 atom stereocenters. The summed E-state index contributed by atoms with van der Waals surface area (Å²) in [5, 5.41) is 0. The van der Waals surface area contributed by atoms with Crippen molar-refractivity contribution in [2.45, 2.75) is 32.7 Å². The maximum absolute atomic E-state index is 11.8. The van der Waals surface area contributed by atoms with E-state index in [9.17, 15) is 4.79 Å². The van der Waals surface area contributed by atoms with E-state index >= 15 is 0 Å². The molecular formula is C14H18ClN3O. The number of nitrogens with zero attached hydrogens (tertiary/aromatic N) is 2. The molecule has 2 aromatic rings. The van der Waals surface area contributed by atoms with Crippen LogP contribution in [0.2, 0.25) is 0 Å². The number of carbonyl (C=O) groups is 1. The van der Waals surface area contributed by atoms with E-state index in [1.165, 1.54) is 0 Å². The molecule has 0 bridgehead atoms. The van der Waals surface area contributed by atoms with E-state index in [4.69, 9.17) is 17.3 Å². The van der Waals surface area contributed by atoms with Crippen molar-refractivity contribution in [2.75, 3.05) is 0 Å². The van der Waals surface area contributed by atoms with Crippen LogP contribution in [-0.4, -0.2) is 15.5 Å². The van der Waals surface area contributed by atoms with Gasteiger partial charge in [0.05, 0.1) is 16.9 Å². The Morgan fingerprint density at radius 3 is 2.68 bits per heavy atom. The molecule has 1 amide bonds. The van der Waals surface area contributed by atoms with Crippen LogP contribution >= 0.6 is 11.6 Å². The van der Waals surface area contributed by atoms with Crippen molar-refractivity contribution in [1.29, 1.82) is 0 Å². The summed E-state index contributed by atoms with van der Waals surface area (Å²) in [6.45, 7) is 5.94. The Morgan fingerprint density at radius 2 is 2.16 bits per heavy atom. The zero-order chi connectivity index (χ0) is 14.2. The maximum Gasteiger partial charge on any atom is 0.240 e. The second-order valence-electron chi connectivity index (χ2n) is 5.12. The first-order valence-electron chi connectivity index (χ1n) is 6.28. The number of alkyl halides is 1. The molecule has 1 aromatic carbocycles. The SMILES string of the molecule is Cc1ccc2nc(CCl)n(C(C(N)=O)C(C)C)c2c1. The molecule has 19 heavy (non-hydrogen) atoms. The highest BCUT2D eigenvalue weighted by atomic mass is 35.5. The molecule has 102 valence electrons. The molecular weight excluding hydrogens is 262 g/mol. The van der Waals surface area contributed by atoms with Crippen molar-refractivity contribution < 1.29 is 4.79 Å². The van der Waals surface area contributed by atoms with Crippen molar-refractivity contribution in [3.63, 3.8) is 0 Å². The predicted octanol–water partition coefficient (Wildman–Crippen LogP) is 2.77. The molecule has 0 spiro atoms. The van der Waals surface area contributed by atoms with Crippen molar-refractivity contribution in [2.24, 2.45) is 11.7 Å². The quantitative estimate of drug-likeness (QED) is 0.875. The van der Waals surface area contributed by atoms with E-state index in [1.807, 2.05) is 43.5 Å². The molecule has 0 aliphatic heterocycles. The van der Waals surface area contributed by atoms with Crippen LogP contribution < -0.4 is 5.73 Å². The lowest BCUT2D eigenvalue weighted by Gasteiger charge is -2.21. The molecule has 1 unspecified atom stereocenters. The lowest BCUT2D eigenvalue weighted by atomic mass is 10.0. The van der Waals surface area contributed by atoms with Crippen LogP contribution in [0, 0.1) is 12.8 Å². The molecule has 2 N–H and O–H groups in total. The number of aromatic nitrogens is 2. The zero-order valence-corrected chi connectivity index (χ0v) is 12.1. The highest BCUT2D eigenvalue weighted by molar-refractivity contribution is 6.17. The van der Waals surface area contributed by atoms with Crippen LogP contribution in [0.5, 0.6) is 0 Å². The summed E-state index contributed by atoms with van der Waals surface area (Å²) < 4.78 is 1.88. The van der Waals surface area contributed by atoms with Gasteiger partial charge in [0.2, 0.25) is 5.91 Å². The van der Waals surface area contributed by atoms with Crippen LogP contribution in [-0.2, 0) is 10.7 Å². The van der Waals surface area contributed by atoms with Crippen molar-refractivity contribution in [3.05, 3.63) is 29.6 Å². The molecule has 1 heterocycles. The van der Waals surface area contributed by atoms with Crippen LogP contribution in [0.4, 0.5) is 0 Å². The summed E-state index contributed by atoms with van der Waals surface area (Å²) in [5.74, 6) is 0.656. The Hall–Kier alpha value is -1.55. The third-order valence-corrected chi connectivity index (χ3v) is 3.48. The number of fused-ring (bicyclic) bond motifs is 1. The molecule has 0 aliphatic rings. The van der Waals surface area contributed by atoms with Gasteiger partial charge in [-0.25, -0.2) is 4.98 Å². The fraction of sp³-hybridized carbons (Fsp3) is 0.429. The molecule has 5 heteroatoms. The lowest BCUT2D eigenvalue weighted by Crippen LogP contribution is -2.31. The van der Waals surface area contributed by atoms with Gasteiger partial charge in [0, 0.05) is 0 Å². The number of benzene rings is 1. The second-order valence-corrected chi connectivity index (χ2v) is 5.38. The van der Waals surface area contributed by atoms with Gasteiger partial charge < -0.3 is 10.3 Å². The van der Waals surface area contributed by atoms with Crippen LogP contribution in [0.3, 0.4) is 0 Å². The summed E-state index contributed by atoms with van der Waals surface area (Å²) >= 11 is 5.96. The van der Waals surface area contributed by atoms with E-state index in [-0.39, 0.29) is 17.7 Å². The number of halogens is 1. The van der Waals surface area contributed by atoms with Crippen molar-refractivity contribution in [1.82, 2.24) is 9.55 Å². The van der Waals surface area contributed by atoms with Gasteiger partial charge in [-0.2, -0.15) is 0 Å². The molecule has 0 fully saturated rings. The second kappa shape index (κ2) is 5.21. The largest absolute Gasteiger partial charge is 0.368 e. The minimum absolute atomic E-state index is 0.0809. The zero-order valence-electron chi connectivity index (χ0n) is 11.4. The van der Waals surface area contributed by atoms with Gasteiger partial charge in [-0.3, -0.25) is 4.79 Å². The van der Waals surface area contributed by atoms with E-state index < -0.39 is 6.04 Å². The van der Waals surface area contributed by atoms with Gasteiger partial charge in [-0.15, -0.1) is 11.6 Å². The monoisotopic (exact) mass is 279 g/mol. The predicted molar refractivity (Wildman–Crippen MR) is 77.1 cm³/mol. The average Bonchev–Trinajstić information content (AvgIpc) is 2.67. The van der Waals surface area contributed by atoms with Gasteiger partial charge in [-0.05, 0) is 30.5 Å². The van der Waals surface area contributed by atoms with Gasteiger partial charge in [0.15, 0.2) is 0 Å². The Morgan fingerprint density at radius 1 is 1.47 bits per heavy atom. The summed E-state index contributed by atoms with van der Waals surface area (Å²) in [6.07, 6.45) is 0. The normalized spacial score (nSPS) is 13.1. The van der Waals surface area contributed by atoms with E-state index in [0.29, 0.717) is 5.82 Å². The minimum Gasteiger partial charge on any atom is -0.368 e.